The number of carbonyl (C=O) groups is 1. The van der Waals surface area contributed by atoms with Crippen LogP contribution in [0.2, 0.25) is 0 Å². The van der Waals surface area contributed by atoms with Crippen molar-refractivity contribution < 1.29 is 22.7 Å². The maximum atomic E-state index is 13.0. The second kappa shape index (κ2) is 7.26. The number of likely N-dealkylation sites (N-methyl/N-ethyl adjacent to an activating group) is 1. The van der Waals surface area contributed by atoms with Crippen LogP contribution in [0.15, 0.2) is 22.7 Å². The summed E-state index contributed by atoms with van der Waals surface area (Å²) in [7, 11) is 1.45. The van der Waals surface area contributed by atoms with Gasteiger partial charge in [-0.1, -0.05) is 15.9 Å². The molecule has 1 amide bonds. The van der Waals surface area contributed by atoms with Gasteiger partial charge in [0.2, 0.25) is 0 Å². The summed E-state index contributed by atoms with van der Waals surface area (Å²) < 4.78 is 44.5. The summed E-state index contributed by atoms with van der Waals surface area (Å²) in [5.41, 5.74) is -1.31. The molecule has 0 atom stereocenters. The molecule has 0 aliphatic heterocycles. The average Bonchev–Trinajstić information content (AvgIpc) is 2.36. The van der Waals surface area contributed by atoms with Crippen LogP contribution in [0.1, 0.15) is 29.8 Å². The maximum Gasteiger partial charge on any atom is 0.417 e. The van der Waals surface area contributed by atoms with Crippen molar-refractivity contribution in [2.24, 2.45) is 0 Å². The number of halogens is 4. The highest BCUT2D eigenvalue weighted by atomic mass is 79.9. The third-order valence-electron chi connectivity index (χ3n) is 2.74. The Bertz CT molecular complexity index is 503. The molecule has 0 radical (unpaired) electrons. The van der Waals surface area contributed by atoms with E-state index < -0.39 is 17.6 Å². The van der Waals surface area contributed by atoms with Gasteiger partial charge < -0.3 is 9.64 Å². The maximum absolute atomic E-state index is 13.0. The van der Waals surface area contributed by atoms with Gasteiger partial charge in [-0.05, 0) is 32.0 Å². The minimum absolute atomic E-state index is 0.00641. The first-order chi connectivity index (χ1) is 9.62. The zero-order chi connectivity index (χ0) is 16.2. The van der Waals surface area contributed by atoms with Crippen LogP contribution in [0.5, 0.6) is 0 Å². The Balaban J connectivity index is 2.92. The molecule has 118 valence electrons. The topological polar surface area (TPSA) is 29.5 Å². The second-order valence-corrected chi connectivity index (χ2v) is 5.75. The molecule has 3 nitrogen and oxygen atoms in total. The first kappa shape index (κ1) is 18.0. The van der Waals surface area contributed by atoms with Crippen LogP contribution in [0, 0.1) is 0 Å². The minimum Gasteiger partial charge on any atom is -0.377 e. The molecule has 0 aliphatic rings. The molecule has 0 saturated carbocycles. The molecule has 21 heavy (non-hydrogen) atoms. The Kier molecular flexibility index (Phi) is 6.22. The van der Waals surface area contributed by atoms with E-state index in [1.807, 2.05) is 13.8 Å². The van der Waals surface area contributed by atoms with E-state index in [-0.39, 0.29) is 29.3 Å². The van der Waals surface area contributed by atoms with Gasteiger partial charge >= 0.3 is 6.18 Å². The fourth-order valence-electron chi connectivity index (χ4n) is 1.67. The zero-order valence-electron chi connectivity index (χ0n) is 12.0. The van der Waals surface area contributed by atoms with Crippen LogP contribution >= 0.6 is 15.9 Å². The van der Waals surface area contributed by atoms with E-state index in [0.717, 1.165) is 6.07 Å². The van der Waals surface area contributed by atoms with Crippen molar-refractivity contribution in [1.29, 1.82) is 0 Å². The fourth-order valence-corrected chi connectivity index (χ4v) is 2.03. The van der Waals surface area contributed by atoms with E-state index in [4.69, 9.17) is 4.74 Å². The Labute approximate surface area is 130 Å². The highest BCUT2D eigenvalue weighted by Gasteiger charge is 2.36. The number of amides is 1. The number of alkyl halides is 3. The van der Waals surface area contributed by atoms with Gasteiger partial charge in [-0.25, -0.2) is 0 Å². The Morgan fingerprint density at radius 1 is 1.38 bits per heavy atom. The van der Waals surface area contributed by atoms with Crippen molar-refractivity contribution in [3.63, 3.8) is 0 Å². The molecule has 0 spiro atoms. The van der Waals surface area contributed by atoms with Crippen LogP contribution in [0.4, 0.5) is 13.2 Å². The summed E-state index contributed by atoms with van der Waals surface area (Å²) in [5.74, 6) is -0.679. The van der Waals surface area contributed by atoms with Gasteiger partial charge in [0.15, 0.2) is 0 Å². The number of nitrogens with zero attached hydrogens (tertiary/aromatic N) is 1. The predicted octanol–water partition coefficient (Wildman–Crippen LogP) is 3.96. The summed E-state index contributed by atoms with van der Waals surface area (Å²) in [6.07, 6.45) is -4.57. The highest BCUT2D eigenvalue weighted by molar-refractivity contribution is 9.10. The Morgan fingerprint density at radius 2 is 2.00 bits per heavy atom. The van der Waals surface area contributed by atoms with Gasteiger partial charge in [-0.2, -0.15) is 13.2 Å². The Hall–Kier alpha value is -1.08. The molecular formula is C14H17BrF3NO2. The molecule has 0 aromatic heterocycles. The zero-order valence-corrected chi connectivity index (χ0v) is 13.6. The van der Waals surface area contributed by atoms with Crippen molar-refractivity contribution in [2.75, 3.05) is 20.2 Å². The number of ether oxygens (including phenoxy) is 1. The van der Waals surface area contributed by atoms with Crippen molar-refractivity contribution >= 4 is 21.8 Å². The third kappa shape index (κ3) is 5.32. The standard InChI is InChI=1S/C14H17BrF3NO2/c1-9(2)21-7-6-19(3)13(20)11-5-4-10(15)8-12(11)14(16,17)18/h4-5,8-9H,6-7H2,1-3H3. The van der Waals surface area contributed by atoms with E-state index in [0.29, 0.717) is 0 Å². The molecule has 0 saturated heterocycles. The van der Waals surface area contributed by atoms with Crippen molar-refractivity contribution in [3.8, 4) is 0 Å². The van der Waals surface area contributed by atoms with Gasteiger partial charge in [0.25, 0.3) is 5.91 Å². The lowest BCUT2D eigenvalue weighted by Gasteiger charge is -2.20. The smallest absolute Gasteiger partial charge is 0.377 e. The third-order valence-corrected chi connectivity index (χ3v) is 3.24. The van der Waals surface area contributed by atoms with Crippen LogP contribution in [0.25, 0.3) is 0 Å². The number of rotatable bonds is 5. The summed E-state index contributed by atoms with van der Waals surface area (Å²) in [4.78, 5) is 13.4. The lowest BCUT2D eigenvalue weighted by molar-refractivity contribution is -0.138. The molecule has 1 aromatic carbocycles. The molecule has 0 unspecified atom stereocenters. The predicted molar refractivity (Wildman–Crippen MR) is 77.2 cm³/mol. The lowest BCUT2D eigenvalue weighted by atomic mass is 10.1. The molecular weight excluding hydrogens is 351 g/mol. The van der Waals surface area contributed by atoms with Gasteiger partial charge in [-0.15, -0.1) is 0 Å². The van der Waals surface area contributed by atoms with Gasteiger partial charge in [0, 0.05) is 18.1 Å². The second-order valence-electron chi connectivity index (χ2n) is 4.83. The van der Waals surface area contributed by atoms with E-state index >= 15 is 0 Å². The molecule has 0 heterocycles. The summed E-state index contributed by atoms with van der Waals surface area (Å²) in [6, 6.07) is 3.50. The highest BCUT2D eigenvalue weighted by Crippen LogP contribution is 2.34. The van der Waals surface area contributed by atoms with Crippen LogP contribution < -0.4 is 0 Å². The van der Waals surface area contributed by atoms with Crippen molar-refractivity contribution in [1.82, 2.24) is 4.90 Å². The van der Waals surface area contributed by atoms with Gasteiger partial charge in [-0.3, -0.25) is 4.79 Å². The number of hydrogen-bond acceptors (Lipinski definition) is 2. The summed E-state index contributed by atoms with van der Waals surface area (Å²) >= 11 is 2.99. The molecule has 1 rings (SSSR count). The summed E-state index contributed by atoms with van der Waals surface area (Å²) in [6.45, 7) is 4.19. The van der Waals surface area contributed by atoms with E-state index in [2.05, 4.69) is 15.9 Å². The average molecular weight is 368 g/mol. The molecule has 1 aromatic rings. The van der Waals surface area contributed by atoms with Crippen LogP contribution in [-0.2, 0) is 10.9 Å². The SMILES string of the molecule is CC(C)OCCN(C)C(=O)c1ccc(Br)cc1C(F)(F)F. The van der Waals surface area contributed by atoms with Crippen LogP contribution in [0.3, 0.4) is 0 Å². The van der Waals surface area contributed by atoms with Crippen molar-refractivity contribution in [2.45, 2.75) is 26.1 Å². The first-order valence-corrected chi connectivity index (χ1v) is 7.16. The largest absolute Gasteiger partial charge is 0.417 e. The number of carbonyl (C=O) groups excluding carboxylic acids is 1. The minimum atomic E-state index is -4.58. The fraction of sp³-hybridized carbons (Fsp3) is 0.500. The summed E-state index contributed by atoms with van der Waals surface area (Å²) in [5, 5.41) is 0. The monoisotopic (exact) mass is 367 g/mol. The molecule has 7 heteroatoms. The van der Waals surface area contributed by atoms with Crippen molar-refractivity contribution in [3.05, 3.63) is 33.8 Å². The molecule has 0 aliphatic carbocycles. The van der Waals surface area contributed by atoms with E-state index in [1.165, 1.54) is 24.1 Å². The molecule has 0 bridgehead atoms. The van der Waals surface area contributed by atoms with Crippen LogP contribution in [-0.4, -0.2) is 37.1 Å². The van der Waals surface area contributed by atoms with Gasteiger partial charge in [0.05, 0.1) is 23.8 Å². The molecule has 0 N–H and O–H groups in total. The number of benzene rings is 1. The Morgan fingerprint density at radius 3 is 2.52 bits per heavy atom. The van der Waals surface area contributed by atoms with E-state index in [1.54, 1.807) is 0 Å². The van der Waals surface area contributed by atoms with Gasteiger partial charge in [0.1, 0.15) is 0 Å². The van der Waals surface area contributed by atoms with E-state index in [9.17, 15) is 18.0 Å². The number of hydrogen-bond donors (Lipinski definition) is 0. The first-order valence-electron chi connectivity index (χ1n) is 6.36. The molecule has 0 fully saturated rings. The lowest BCUT2D eigenvalue weighted by Crippen LogP contribution is -2.32. The normalized spacial score (nSPS) is 11.8. The quantitative estimate of drug-likeness (QED) is 0.787.